The van der Waals surface area contributed by atoms with E-state index in [0.29, 0.717) is 11.8 Å². The third-order valence-electron chi connectivity index (χ3n) is 3.43. The highest BCUT2D eigenvalue weighted by molar-refractivity contribution is 5.94. The lowest BCUT2D eigenvalue weighted by molar-refractivity contribution is 0.251. The second-order valence-electron chi connectivity index (χ2n) is 5.03. The standard InChI is InChI=1S/C15H17N3O2/c1-20-14-13-5-4-12(8-11(13)6-7-16-14)18-15(19)17-9-10-2-3-10/h4-8,10H,2-3,9H2,1H3,(H2,17,18,19). The number of benzene rings is 1. The normalized spacial score (nSPS) is 14.1. The van der Waals surface area contributed by atoms with Gasteiger partial charge in [0, 0.05) is 23.8 Å². The van der Waals surface area contributed by atoms with Gasteiger partial charge in [-0.25, -0.2) is 9.78 Å². The van der Waals surface area contributed by atoms with Crippen LogP contribution in [0.1, 0.15) is 12.8 Å². The number of nitrogens with zero attached hydrogens (tertiary/aromatic N) is 1. The highest BCUT2D eigenvalue weighted by atomic mass is 16.5. The maximum absolute atomic E-state index is 11.7. The van der Waals surface area contributed by atoms with Gasteiger partial charge < -0.3 is 15.4 Å². The maximum Gasteiger partial charge on any atom is 0.319 e. The van der Waals surface area contributed by atoms with Crippen molar-refractivity contribution in [3.8, 4) is 5.88 Å². The van der Waals surface area contributed by atoms with Crippen molar-refractivity contribution in [2.24, 2.45) is 5.92 Å². The molecule has 3 rings (SSSR count). The number of anilines is 1. The van der Waals surface area contributed by atoms with Crippen molar-refractivity contribution < 1.29 is 9.53 Å². The molecule has 1 aliphatic carbocycles. The average Bonchev–Trinajstić information content (AvgIpc) is 3.28. The molecule has 1 aromatic carbocycles. The molecular weight excluding hydrogens is 254 g/mol. The van der Waals surface area contributed by atoms with Crippen molar-refractivity contribution in [2.45, 2.75) is 12.8 Å². The summed E-state index contributed by atoms with van der Waals surface area (Å²) < 4.78 is 5.21. The van der Waals surface area contributed by atoms with Gasteiger partial charge >= 0.3 is 6.03 Å². The van der Waals surface area contributed by atoms with Gasteiger partial charge in [-0.05, 0) is 48.4 Å². The number of hydrogen-bond acceptors (Lipinski definition) is 3. The zero-order valence-electron chi connectivity index (χ0n) is 11.3. The highest BCUT2D eigenvalue weighted by Gasteiger charge is 2.21. The number of rotatable bonds is 4. The van der Waals surface area contributed by atoms with Crippen LogP contribution in [0.5, 0.6) is 5.88 Å². The van der Waals surface area contributed by atoms with Crippen molar-refractivity contribution in [2.75, 3.05) is 19.0 Å². The van der Waals surface area contributed by atoms with Gasteiger partial charge in [-0.1, -0.05) is 0 Å². The van der Waals surface area contributed by atoms with E-state index in [4.69, 9.17) is 4.74 Å². The molecule has 0 saturated heterocycles. The molecular formula is C15H17N3O2. The first-order valence-corrected chi connectivity index (χ1v) is 6.74. The molecule has 0 radical (unpaired) electrons. The summed E-state index contributed by atoms with van der Waals surface area (Å²) in [5, 5.41) is 7.63. The third kappa shape index (κ3) is 2.82. The molecule has 5 heteroatoms. The Morgan fingerprint density at radius 1 is 1.40 bits per heavy atom. The van der Waals surface area contributed by atoms with Crippen LogP contribution in [0.3, 0.4) is 0 Å². The van der Waals surface area contributed by atoms with Gasteiger partial charge in [-0.15, -0.1) is 0 Å². The maximum atomic E-state index is 11.7. The number of pyridine rings is 1. The summed E-state index contributed by atoms with van der Waals surface area (Å²) in [6.45, 7) is 0.761. The molecule has 1 aromatic heterocycles. The van der Waals surface area contributed by atoms with Crippen LogP contribution in [0.15, 0.2) is 30.5 Å². The Balaban J connectivity index is 1.73. The number of aromatic nitrogens is 1. The van der Waals surface area contributed by atoms with Gasteiger partial charge in [-0.2, -0.15) is 0 Å². The fraction of sp³-hybridized carbons (Fsp3) is 0.333. The quantitative estimate of drug-likeness (QED) is 0.898. The number of hydrogen-bond donors (Lipinski definition) is 2. The first kappa shape index (κ1) is 12.7. The molecule has 0 aliphatic heterocycles. The Bertz CT molecular complexity index is 638. The summed E-state index contributed by atoms with van der Waals surface area (Å²) in [5.41, 5.74) is 0.763. The monoisotopic (exact) mass is 271 g/mol. The van der Waals surface area contributed by atoms with E-state index >= 15 is 0 Å². The lowest BCUT2D eigenvalue weighted by atomic mass is 10.1. The Morgan fingerprint density at radius 3 is 3.00 bits per heavy atom. The summed E-state index contributed by atoms with van der Waals surface area (Å²) in [6, 6.07) is 7.40. The van der Waals surface area contributed by atoms with E-state index in [1.807, 2.05) is 24.3 Å². The molecule has 1 fully saturated rings. The number of carbonyl (C=O) groups excluding carboxylic acids is 1. The van der Waals surface area contributed by atoms with Gasteiger partial charge in [-0.3, -0.25) is 0 Å². The van der Waals surface area contributed by atoms with Gasteiger partial charge in [0.25, 0.3) is 0 Å². The number of ether oxygens (including phenoxy) is 1. The summed E-state index contributed by atoms with van der Waals surface area (Å²) in [4.78, 5) is 15.9. The Kier molecular flexibility index (Phi) is 3.41. The predicted molar refractivity (Wildman–Crippen MR) is 78.0 cm³/mol. The number of carbonyl (C=O) groups is 1. The van der Waals surface area contributed by atoms with E-state index < -0.39 is 0 Å². The third-order valence-corrected chi connectivity index (χ3v) is 3.43. The number of methoxy groups -OCH3 is 1. The average molecular weight is 271 g/mol. The van der Waals surface area contributed by atoms with Crippen LogP contribution in [0.2, 0.25) is 0 Å². The minimum Gasteiger partial charge on any atom is -0.481 e. The van der Waals surface area contributed by atoms with E-state index in [-0.39, 0.29) is 6.03 Å². The second kappa shape index (κ2) is 5.36. The molecule has 2 N–H and O–H groups in total. The van der Waals surface area contributed by atoms with E-state index in [2.05, 4.69) is 15.6 Å². The highest BCUT2D eigenvalue weighted by Crippen LogP contribution is 2.28. The summed E-state index contributed by atoms with van der Waals surface area (Å²) in [7, 11) is 1.60. The van der Waals surface area contributed by atoms with Gasteiger partial charge in [0.15, 0.2) is 0 Å². The van der Waals surface area contributed by atoms with Crippen LogP contribution in [0.4, 0.5) is 10.5 Å². The zero-order chi connectivity index (χ0) is 13.9. The molecule has 2 aromatic rings. The SMILES string of the molecule is COc1nccc2cc(NC(=O)NCC3CC3)ccc12. The summed E-state index contributed by atoms with van der Waals surface area (Å²) in [5.74, 6) is 1.26. The molecule has 0 atom stereocenters. The molecule has 1 saturated carbocycles. The molecule has 2 amide bonds. The fourth-order valence-corrected chi connectivity index (χ4v) is 2.12. The summed E-state index contributed by atoms with van der Waals surface area (Å²) in [6.07, 6.45) is 4.14. The molecule has 0 spiro atoms. The van der Waals surface area contributed by atoms with Crippen molar-refractivity contribution >= 4 is 22.5 Å². The van der Waals surface area contributed by atoms with E-state index in [1.165, 1.54) is 12.8 Å². The zero-order valence-corrected chi connectivity index (χ0v) is 11.3. The Labute approximate surface area is 117 Å². The first-order chi connectivity index (χ1) is 9.76. The number of amides is 2. The van der Waals surface area contributed by atoms with Crippen molar-refractivity contribution in [3.05, 3.63) is 30.5 Å². The van der Waals surface area contributed by atoms with Crippen LogP contribution < -0.4 is 15.4 Å². The number of fused-ring (bicyclic) bond motifs is 1. The van der Waals surface area contributed by atoms with Gasteiger partial charge in [0.1, 0.15) is 0 Å². The topological polar surface area (TPSA) is 63.2 Å². The first-order valence-electron chi connectivity index (χ1n) is 6.74. The van der Waals surface area contributed by atoms with E-state index in [0.717, 1.165) is 23.0 Å². The molecule has 20 heavy (non-hydrogen) atoms. The molecule has 1 aliphatic rings. The van der Waals surface area contributed by atoms with Gasteiger partial charge in [0.2, 0.25) is 5.88 Å². The largest absolute Gasteiger partial charge is 0.481 e. The van der Waals surface area contributed by atoms with Crippen molar-refractivity contribution in [3.63, 3.8) is 0 Å². The Morgan fingerprint density at radius 2 is 2.25 bits per heavy atom. The number of nitrogens with one attached hydrogen (secondary N) is 2. The lowest BCUT2D eigenvalue weighted by Gasteiger charge is -2.09. The molecule has 0 bridgehead atoms. The number of urea groups is 1. The van der Waals surface area contributed by atoms with E-state index in [9.17, 15) is 4.79 Å². The molecule has 104 valence electrons. The predicted octanol–water partition coefficient (Wildman–Crippen LogP) is 2.77. The van der Waals surface area contributed by atoms with Crippen LogP contribution in [0.25, 0.3) is 10.8 Å². The Hall–Kier alpha value is -2.30. The minimum absolute atomic E-state index is 0.155. The van der Waals surface area contributed by atoms with Crippen molar-refractivity contribution in [1.29, 1.82) is 0 Å². The molecule has 1 heterocycles. The fourth-order valence-electron chi connectivity index (χ4n) is 2.12. The lowest BCUT2D eigenvalue weighted by Crippen LogP contribution is -2.30. The minimum atomic E-state index is -0.155. The van der Waals surface area contributed by atoms with Crippen LogP contribution in [-0.2, 0) is 0 Å². The molecule has 0 unspecified atom stereocenters. The second-order valence-corrected chi connectivity index (χ2v) is 5.03. The van der Waals surface area contributed by atoms with Gasteiger partial charge in [0.05, 0.1) is 7.11 Å². The van der Waals surface area contributed by atoms with Crippen LogP contribution in [-0.4, -0.2) is 24.7 Å². The summed E-state index contributed by atoms with van der Waals surface area (Å²) >= 11 is 0. The van der Waals surface area contributed by atoms with Crippen LogP contribution in [0, 0.1) is 5.92 Å². The molecule has 5 nitrogen and oxygen atoms in total. The van der Waals surface area contributed by atoms with Crippen molar-refractivity contribution in [1.82, 2.24) is 10.3 Å². The van der Waals surface area contributed by atoms with Crippen LogP contribution >= 0.6 is 0 Å². The smallest absolute Gasteiger partial charge is 0.319 e. The van der Waals surface area contributed by atoms with E-state index in [1.54, 1.807) is 13.3 Å².